The molecular weight excluding hydrogens is 200 g/mol. The van der Waals surface area contributed by atoms with Crippen molar-refractivity contribution in [2.24, 2.45) is 0 Å². The summed E-state index contributed by atoms with van der Waals surface area (Å²) in [7, 11) is 0. The summed E-state index contributed by atoms with van der Waals surface area (Å²) in [6.45, 7) is 1.81. The second-order valence-electron chi connectivity index (χ2n) is 3.24. The minimum Gasteiger partial charge on any atom is -0.339 e. The van der Waals surface area contributed by atoms with Gasteiger partial charge >= 0.3 is 0 Å². The fourth-order valence-corrected chi connectivity index (χ4v) is 1.60. The molecule has 0 atom stereocenters. The third kappa shape index (κ3) is 2.23. The Morgan fingerprint density at radius 2 is 1.79 bits per heavy atom. The van der Waals surface area contributed by atoms with Crippen molar-refractivity contribution in [2.75, 3.05) is 13.1 Å². The fraction of sp³-hybridized carbons (Fsp3) is 0.400. The van der Waals surface area contributed by atoms with Gasteiger partial charge in [-0.25, -0.2) is 0 Å². The van der Waals surface area contributed by atoms with Crippen LogP contribution in [-0.4, -0.2) is 28.9 Å². The van der Waals surface area contributed by atoms with Gasteiger partial charge in [-0.05, 0) is 25.0 Å². The average molecular weight is 213 g/mol. The molecule has 1 aliphatic rings. The molecule has 76 valence electrons. The van der Waals surface area contributed by atoms with Gasteiger partial charge in [0.2, 0.25) is 0 Å². The quantitative estimate of drug-likeness (QED) is 0.711. The van der Waals surface area contributed by atoms with Gasteiger partial charge in [-0.15, -0.1) is 12.4 Å². The van der Waals surface area contributed by atoms with Crippen LogP contribution in [0.4, 0.5) is 0 Å². The van der Waals surface area contributed by atoms with Crippen LogP contribution < -0.4 is 0 Å². The maximum absolute atomic E-state index is 11.7. The predicted molar refractivity (Wildman–Crippen MR) is 56.6 cm³/mol. The van der Waals surface area contributed by atoms with Crippen LogP contribution >= 0.6 is 12.4 Å². The molecule has 2 rings (SSSR count). The highest BCUT2D eigenvalue weighted by Gasteiger charge is 2.18. The minimum absolute atomic E-state index is 0. The Kier molecular flexibility index (Phi) is 3.89. The van der Waals surface area contributed by atoms with E-state index in [1.807, 2.05) is 4.90 Å². The van der Waals surface area contributed by atoms with E-state index < -0.39 is 0 Å². The molecule has 0 spiro atoms. The van der Waals surface area contributed by atoms with Crippen LogP contribution in [0.15, 0.2) is 24.5 Å². The van der Waals surface area contributed by atoms with Gasteiger partial charge < -0.3 is 4.90 Å². The Morgan fingerprint density at radius 3 is 2.36 bits per heavy atom. The fourth-order valence-electron chi connectivity index (χ4n) is 1.60. The summed E-state index contributed by atoms with van der Waals surface area (Å²) >= 11 is 0. The normalized spacial score (nSPS) is 15.0. The Bertz CT molecular complexity index is 296. The van der Waals surface area contributed by atoms with Crippen molar-refractivity contribution in [2.45, 2.75) is 12.8 Å². The highest BCUT2D eigenvalue weighted by atomic mass is 35.5. The summed E-state index contributed by atoms with van der Waals surface area (Å²) in [5, 5.41) is 0. The number of carbonyl (C=O) groups excluding carboxylic acids is 1. The number of hydrogen-bond donors (Lipinski definition) is 0. The minimum atomic E-state index is 0. The molecule has 0 N–H and O–H groups in total. The Morgan fingerprint density at radius 1 is 1.21 bits per heavy atom. The number of nitrogens with zero attached hydrogens (tertiary/aromatic N) is 2. The lowest BCUT2D eigenvalue weighted by Gasteiger charge is -2.14. The first-order valence-corrected chi connectivity index (χ1v) is 4.57. The maximum Gasteiger partial charge on any atom is 0.253 e. The summed E-state index contributed by atoms with van der Waals surface area (Å²) < 4.78 is 0. The summed E-state index contributed by atoms with van der Waals surface area (Å²) in [6, 6.07) is 3.53. The number of pyridine rings is 1. The van der Waals surface area contributed by atoms with Gasteiger partial charge in [0.25, 0.3) is 5.91 Å². The zero-order valence-corrected chi connectivity index (χ0v) is 8.67. The molecule has 0 radical (unpaired) electrons. The molecule has 14 heavy (non-hydrogen) atoms. The van der Waals surface area contributed by atoms with Crippen LogP contribution in [0.1, 0.15) is 23.2 Å². The lowest BCUT2D eigenvalue weighted by Crippen LogP contribution is -2.27. The van der Waals surface area contributed by atoms with E-state index in [0.717, 1.165) is 31.5 Å². The summed E-state index contributed by atoms with van der Waals surface area (Å²) in [5.74, 6) is 0.139. The molecule has 4 heteroatoms. The predicted octanol–water partition coefficient (Wildman–Crippen LogP) is 1.74. The number of aromatic nitrogens is 1. The molecule has 2 heterocycles. The van der Waals surface area contributed by atoms with Crippen molar-refractivity contribution in [3.8, 4) is 0 Å². The van der Waals surface area contributed by atoms with Gasteiger partial charge in [0.15, 0.2) is 0 Å². The number of likely N-dealkylation sites (tertiary alicyclic amines) is 1. The number of amides is 1. The van der Waals surface area contributed by atoms with Crippen molar-refractivity contribution in [3.05, 3.63) is 30.1 Å². The van der Waals surface area contributed by atoms with Gasteiger partial charge in [-0.1, -0.05) is 0 Å². The van der Waals surface area contributed by atoms with E-state index in [-0.39, 0.29) is 18.3 Å². The molecule has 1 fully saturated rings. The molecular formula is C10H13ClN2O. The molecule has 0 aromatic carbocycles. The van der Waals surface area contributed by atoms with Crippen molar-refractivity contribution < 1.29 is 4.79 Å². The smallest absolute Gasteiger partial charge is 0.253 e. The summed E-state index contributed by atoms with van der Waals surface area (Å²) in [4.78, 5) is 17.5. The van der Waals surface area contributed by atoms with Gasteiger partial charge in [0.05, 0.1) is 0 Å². The average Bonchev–Trinajstić information content (AvgIpc) is 2.71. The van der Waals surface area contributed by atoms with Crippen molar-refractivity contribution in [1.82, 2.24) is 9.88 Å². The number of rotatable bonds is 1. The molecule has 0 bridgehead atoms. The molecule has 1 aliphatic heterocycles. The molecule has 1 aromatic heterocycles. The molecule has 0 saturated carbocycles. The van der Waals surface area contributed by atoms with Crippen molar-refractivity contribution in [3.63, 3.8) is 0 Å². The highest BCUT2D eigenvalue weighted by molar-refractivity contribution is 5.94. The maximum atomic E-state index is 11.7. The number of hydrogen-bond acceptors (Lipinski definition) is 2. The summed E-state index contributed by atoms with van der Waals surface area (Å²) in [6.07, 6.45) is 5.58. The molecule has 1 aromatic rings. The molecule has 0 aliphatic carbocycles. The Hall–Kier alpha value is -1.09. The van der Waals surface area contributed by atoms with Crippen LogP contribution in [0.2, 0.25) is 0 Å². The first kappa shape index (κ1) is 11.0. The van der Waals surface area contributed by atoms with Gasteiger partial charge in [0.1, 0.15) is 0 Å². The lowest BCUT2D eigenvalue weighted by molar-refractivity contribution is 0.0792. The molecule has 0 unspecified atom stereocenters. The van der Waals surface area contributed by atoms with E-state index in [0.29, 0.717) is 0 Å². The Labute approximate surface area is 89.5 Å². The standard InChI is InChI=1S/C10H12N2O.ClH/c13-10(12-7-1-2-8-12)9-3-5-11-6-4-9;/h3-6H,1-2,7-8H2;1H. The zero-order valence-electron chi connectivity index (χ0n) is 7.85. The van der Waals surface area contributed by atoms with Crippen LogP contribution in [0.3, 0.4) is 0 Å². The number of carbonyl (C=O) groups is 1. The van der Waals surface area contributed by atoms with E-state index in [2.05, 4.69) is 4.98 Å². The molecule has 3 nitrogen and oxygen atoms in total. The SMILES string of the molecule is Cl.O=C(c1ccncc1)N1CCCC1. The topological polar surface area (TPSA) is 33.2 Å². The van der Waals surface area contributed by atoms with Crippen LogP contribution in [0.5, 0.6) is 0 Å². The largest absolute Gasteiger partial charge is 0.339 e. The first-order valence-electron chi connectivity index (χ1n) is 4.57. The van der Waals surface area contributed by atoms with E-state index in [9.17, 15) is 4.79 Å². The second-order valence-corrected chi connectivity index (χ2v) is 3.24. The van der Waals surface area contributed by atoms with Crippen molar-refractivity contribution >= 4 is 18.3 Å². The third-order valence-corrected chi connectivity index (χ3v) is 2.32. The van der Waals surface area contributed by atoms with E-state index >= 15 is 0 Å². The molecule has 1 amide bonds. The van der Waals surface area contributed by atoms with Gasteiger partial charge in [-0.3, -0.25) is 9.78 Å². The Balaban J connectivity index is 0.000000980. The van der Waals surface area contributed by atoms with Crippen molar-refractivity contribution in [1.29, 1.82) is 0 Å². The highest BCUT2D eigenvalue weighted by Crippen LogP contribution is 2.11. The van der Waals surface area contributed by atoms with Crippen LogP contribution in [-0.2, 0) is 0 Å². The third-order valence-electron chi connectivity index (χ3n) is 2.32. The second kappa shape index (κ2) is 4.96. The van der Waals surface area contributed by atoms with E-state index in [1.54, 1.807) is 24.5 Å². The zero-order chi connectivity index (χ0) is 9.10. The lowest BCUT2D eigenvalue weighted by atomic mass is 10.2. The van der Waals surface area contributed by atoms with Crippen LogP contribution in [0.25, 0.3) is 0 Å². The van der Waals surface area contributed by atoms with E-state index in [4.69, 9.17) is 0 Å². The van der Waals surface area contributed by atoms with Gasteiger partial charge in [-0.2, -0.15) is 0 Å². The monoisotopic (exact) mass is 212 g/mol. The number of halogens is 1. The van der Waals surface area contributed by atoms with E-state index in [1.165, 1.54) is 0 Å². The van der Waals surface area contributed by atoms with Crippen LogP contribution in [0, 0.1) is 0 Å². The summed E-state index contributed by atoms with van der Waals surface area (Å²) in [5.41, 5.74) is 0.747. The first-order chi connectivity index (χ1) is 6.38. The van der Waals surface area contributed by atoms with Gasteiger partial charge in [0, 0.05) is 31.0 Å². The molecule has 1 saturated heterocycles.